The van der Waals surface area contributed by atoms with Gasteiger partial charge >= 0.3 is 5.97 Å². The lowest BCUT2D eigenvalue weighted by atomic mass is 9.92. The maximum atomic E-state index is 13.3. The van der Waals surface area contributed by atoms with Crippen molar-refractivity contribution in [1.29, 1.82) is 0 Å². The third-order valence-electron chi connectivity index (χ3n) is 10.1. The lowest BCUT2D eigenvalue weighted by Gasteiger charge is -2.32. The number of thiophene rings is 2. The summed E-state index contributed by atoms with van der Waals surface area (Å²) in [6.45, 7) is 1.49. The Hall–Kier alpha value is -4.48. The molecule has 16 heteroatoms. The number of methoxy groups -OCH3 is 1. The number of phenols is 1. The van der Waals surface area contributed by atoms with E-state index in [-0.39, 0.29) is 48.0 Å². The average molecular weight is 839 g/mol. The molecule has 1 aliphatic carbocycles. The van der Waals surface area contributed by atoms with E-state index in [0.717, 1.165) is 19.3 Å². The van der Waals surface area contributed by atoms with Crippen LogP contribution in [0.5, 0.6) is 17.2 Å². The highest BCUT2D eigenvalue weighted by Crippen LogP contribution is 2.38. The van der Waals surface area contributed by atoms with Crippen molar-refractivity contribution < 1.29 is 39.1 Å². The number of benzene rings is 2. The van der Waals surface area contributed by atoms with Gasteiger partial charge in [0.1, 0.15) is 23.4 Å². The van der Waals surface area contributed by atoms with E-state index < -0.39 is 17.7 Å². The van der Waals surface area contributed by atoms with E-state index in [1.165, 1.54) is 41.9 Å². The molecule has 0 aliphatic heterocycles. The Bertz CT molecular complexity index is 2140. The van der Waals surface area contributed by atoms with Crippen LogP contribution in [0.25, 0.3) is 10.9 Å². The average Bonchev–Trinajstić information content (AvgIpc) is 3.96. The van der Waals surface area contributed by atoms with Crippen molar-refractivity contribution in [2.45, 2.75) is 62.5 Å². The molecule has 304 valence electrons. The fourth-order valence-corrected chi connectivity index (χ4v) is 8.88. The molecule has 0 saturated heterocycles. The maximum absolute atomic E-state index is 13.3. The normalized spacial score (nSPS) is 16.3. The lowest BCUT2D eigenvalue weighted by Crippen LogP contribution is -2.42. The SMILES string of the molecule is COc1cc(OCC(=O)N(C)CCCN[C@H]2CC[C@H](OC(=O)C(O)(c3cccs3)c3cccs3)CC2)c(Cl)cc1CNC[C@H](O)c1ccc(O)c2[nH]c(=O)ccc12. The Labute approximate surface area is 343 Å². The molecule has 6 rings (SSSR count). The van der Waals surface area contributed by atoms with Crippen LogP contribution in [-0.2, 0) is 26.5 Å². The minimum atomic E-state index is -1.81. The van der Waals surface area contributed by atoms with Crippen LogP contribution >= 0.6 is 34.3 Å². The van der Waals surface area contributed by atoms with E-state index in [1.54, 1.807) is 48.3 Å². The van der Waals surface area contributed by atoms with Gasteiger partial charge in [-0.1, -0.05) is 29.8 Å². The highest BCUT2D eigenvalue weighted by atomic mass is 35.5. The summed E-state index contributed by atoms with van der Waals surface area (Å²) in [7, 11) is 3.24. The second-order valence-electron chi connectivity index (χ2n) is 14.0. The van der Waals surface area contributed by atoms with Gasteiger partial charge < -0.3 is 50.0 Å². The van der Waals surface area contributed by atoms with Crippen LogP contribution in [0.1, 0.15) is 59.1 Å². The molecule has 1 atom stereocenters. The molecule has 6 N–H and O–H groups in total. The zero-order valence-electron chi connectivity index (χ0n) is 31.7. The molecular weight excluding hydrogens is 792 g/mol. The number of H-pyrrole nitrogens is 1. The first-order chi connectivity index (χ1) is 27.5. The molecule has 1 amide bonds. The molecule has 3 heterocycles. The van der Waals surface area contributed by atoms with Gasteiger partial charge in [-0.2, -0.15) is 0 Å². The Morgan fingerprint density at radius 1 is 1.04 bits per heavy atom. The first-order valence-corrected chi connectivity index (χ1v) is 20.8. The van der Waals surface area contributed by atoms with Crippen molar-refractivity contribution in [1.82, 2.24) is 20.5 Å². The maximum Gasteiger partial charge on any atom is 0.349 e. The van der Waals surface area contributed by atoms with Crippen molar-refractivity contribution in [2.75, 3.05) is 40.4 Å². The van der Waals surface area contributed by atoms with Gasteiger partial charge in [0, 0.05) is 55.8 Å². The number of fused-ring (bicyclic) bond motifs is 1. The number of hydrogen-bond donors (Lipinski definition) is 6. The van der Waals surface area contributed by atoms with Gasteiger partial charge in [0.05, 0.1) is 33.5 Å². The number of amides is 1. The smallest absolute Gasteiger partial charge is 0.349 e. The number of pyridine rings is 1. The number of phenolic OH excluding ortho intramolecular Hbond substituents is 1. The number of aromatic hydroxyl groups is 1. The topological polar surface area (TPSA) is 183 Å². The summed E-state index contributed by atoms with van der Waals surface area (Å²) in [5, 5.41) is 43.8. The predicted molar refractivity (Wildman–Crippen MR) is 220 cm³/mol. The minimum absolute atomic E-state index is 0.0835. The number of esters is 1. The largest absolute Gasteiger partial charge is 0.506 e. The number of aliphatic hydroxyl groups excluding tert-OH is 1. The molecule has 3 aromatic heterocycles. The van der Waals surface area contributed by atoms with Crippen LogP contribution in [0.3, 0.4) is 0 Å². The molecule has 13 nitrogen and oxygen atoms in total. The number of rotatable bonds is 18. The quantitative estimate of drug-likeness (QED) is 0.0488. The highest BCUT2D eigenvalue weighted by molar-refractivity contribution is 7.12. The van der Waals surface area contributed by atoms with Crippen LogP contribution in [0.15, 0.2) is 76.2 Å². The van der Waals surface area contributed by atoms with Crippen LogP contribution in [0.2, 0.25) is 5.02 Å². The Morgan fingerprint density at radius 2 is 1.75 bits per heavy atom. The molecule has 0 spiro atoms. The predicted octanol–water partition coefficient (Wildman–Crippen LogP) is 5.45. The first kappa shape index (κ1) is 42.1. The number of halogens is 1. The van der Waals surface area contributed by atoms with Gasteiger partial charge in [0.25, 0.3) is 5.91 Å². The number of carbonyl (C=O) groups is 2. The number of aliphatic hydroxyl groups is 2. The fraction of sp³-hybridized carbons (Fsp3) is 0.390. The second kappa shape index (κ2) is 19.3. The zero-order chi connectivity index (χ0) is 40.5. The van der Waals surface area contributed by atoms with E-state index in [9.17, 15) is 29.7 Å². The highest BCUT2D eigenvalue weighted by Gasteiger charge is 2.45. The molecular formula is C41H47ClN4O9S2. The second-order valence-corrected chi connectivity index (χ2v) is 16.3. The Kier molecular flexibility index (Phi) is 14.3. The third kappa shape index (κ3) is 10.2. The number of aromatic amines is 1. The van der Waals surface area contributed by atoms with Crippen LogP contribution in [-0.4, -0.2) is 89.6 Å². The van der Waals surface area contributed by atoms with E-state index >= 15 is 0 Å². The summed E-state index contributed by atoms with van der Waals surface area (Å²) in [5.41, 5.74) is -0.649. The molecule has 2 aromatic carbocycles. The number of aromatic nitrogens is 1. The van der Waals surface area contributed by atoms with Crippen molar-refractivity contribution in [3.63, 3.8) is 0 Å². The van der Waals surface area contributed by atoms with Gasteiger partial charge in [0.2, 0.25) is 11.2 Å². The fourth-order valence-electron chi connectivity index (χ4n) is 6.93. The molecule has 1 saturated carbocycles. The van der Waals surface area contributed by atoms with Crippen molar-refractivity contribution in [3.05, 3.63) is 108 Å². The van der Waals surface area contributed by atoms with Crippen molar-refractivity contribution in [3.8, 4) is 17.2 Å². The monoisotopic (exact) mass is 838 g/mol. The first-order valence-electron chi connectivity index (χ1n) is 18.7. The van der Waals surface area contributed by atoms with Gasteiger partial charge in [-0.25, -0.2) is 4.79 Å². The van der Waals surface area contributed by atoms with Crippen molar-refractivity contribution in [2.24, 2.45) is 0 Å². The van der Waals surface area contributed by atoms with Crippen LogP contribution < -0.4 is 25.7 Å². The summed E-state index contributed by atoms with van der Waals surface area (Å²) in [4.78, 5) is 43.3. The summed E-state index contributed by atoms with van der Waals surface area (Å²) in [6, 6.07) is 16.7. The summed E-state index contributed by atoms with van der Waals surface area (Å²) >= 11 is 9.20. The third-order valence-corrected chi connectivity index (χ3v) is 12.4. The van der Waals surface area contributed by atoms with Gasteiger partial charge in [-0.3, -0.25) is 9.59 Å². The number of carbonyl (C=O) groups excluding carboxylic acids is 2. The zero-order valence-corrected chi connectivity index (χ0v) is 34.1. The molecule has 0 bridgehead atoms. The minimum Gasteiger partial charge on any atom is -0.506 e. The Balaban J connectivity index is 0.897. The molecule has 0 unspecified atom stereocenters. The summed E-state index contributed by atoms with van der Waals surface area (Å²) in [5.74, 6) is -0.137. The van der Waals surface area contributed by atoms with Crippen LogP contribution in [0, 0.1) is 0 Å². The van der Waals surface area contributed by atoms with Gasteiger partial charge in [-0.15, -0.1) is 22.7 Å². The van der Waals surface area contributed by atoms with E-state index in [1.807, 2.05) is 22.9 Å². The van der Waals surface area contributed by atoms with E-state index in [4.69, 9.17) is 25.8 Å². The number of hydrogen-bond acceptors (Lipinski definition) is 13. The van der Waals surface area contributed by atoms with Gasteiger partial charge in [-0.05, 0) is 85.3 Å². The standard InChI is InChI=1S/C41H47ClN4O9S2/c1-46(17-5-16-44-26-8-10-27(11-9-26)55-40(51)41(52,35-6-3-18-56-35)36-7-4-19-57-36)38(50)24-54-34-21-33(53-2)25(20-30(34)42)22-43-23-32(48)28-12-14-31(47)39-29(28)13-15-37(49)45-39/h3-4,6-7,12-15,18-21,26-27,32,43-44,47-48,52H,5,8-11,16-17,22-24H2,1-2H3,(H,45,49)/t26-,27-,32-/m0/s1. The molecule has 57 heavy (non-hydrogen) atoms. The van der Waals surface area contributed by atoms with Crippen molar-refractivity contribution >= 4 is 57.1 Å². The summed E-state index contributed by atoms with van der Waals surface area (Å²) in [6.07, 6.45) is 2.59. The number of likely N-dealkylation sites (N-methyl/N-ethyl adjacent to an activating group) is 1. The summed E-state index contributed by atoms with van der Waals surface area (Å²) < 4.78 is 17.2. The van der Waals surface area contributed by atoms with E-state index in [2.05, 4.69) is 15.6 Å². The Morgan fingerprint density at radius 3 is 2.42 bits per heavy atom. The number of ether oxygens (including phenoxy) is 3. The molecule has 1 fully saturated rings. The molecule has 0 radical (unpaired) electrons. The lowest BCUT2D eigenvalue weighted by molar-refractivity contribution is -0.169. The molecule has 5 aromatic rings. The molecule has 1 aliphatic rings. The number of nitrogens with zero attached hydrogens (tertiary/aromatic N) is 1. The number of nitrogens with one attached hydrogen (secondary N) is 3. The van der Waals surface area contributed by atoms with Gasteiger partial charge in [0.15, 0.2) is 6.61 Å². The van der Waals surface area contributed by atoms with E-state index in [0.29, 0.717) is 75.3 Å². The van der Waals surface area contributed by atoms with Crippen LogP contribution in [0.4, 0.5) is 0 Å².